The highest BCUT2D eigenvalue weighted by Gasteiger charge is 2.39. The van der Waals surface area contributed by atoms with Crippen LogP contribution in [-0.2, 0) is 4.79 Å². The summed E-state index contributed by atoms with van der Waals surface area (Å²) >= 11 is 5.86. The minimum Gasteiger partial charge on any atom is -0.481 e. The molecule has 0 atom stereocenters. The van der Waals surface area contributed by atoms with Gasteiger partial charge in [-0.05, 0) is 31.0 Å². The number of hydrogen-bond donors (Lipinski definition) is 3. The molecule has 0 saturated heterocycles. The van der Waals surface area contributed by atoms with Crippen molar-refractivity contribution in [2.75, 3.05) is 11.9 Å². The largest absolute Gasteiger partial charge is 0.481 e. The summed E-state index contributed by atoms with van der Waals surface area (Å²) in [6.45, 7) is 0.282. The second-order valence-electron chi connectivity index (χ2n) is 5.55. The van der Waals surface area contributed by atoms with E-state index in [0.29, 0.717) is 23.6 Å². The minimum atomic E-state index is -0.788. The van der Waals surface area contributed by atoms with Crippen molar-refractivity contribution in [1.82, 2.24) is 0 Å². The molecule has 1 fully saturated rings. The highest BCUT2D eigenvalue weighted by atomic mass is 35.5. The molecule has 114 valence electrons. The number of benzene rings is 1. The van der Waals surface area contributed by atoms with E-state index in [1.54, 1.807) is 12.1 Å². The first-order valence-electron chi connectivity index (χ1n) is 7.01. The van der Waals surface area contributed by atoms with Gasteiger partial charge in [-0.15, -0.1) is 0 Å². The first-order chi connectivity index (χ1) is 9.94. The average molecular weight is 311 g/mol. The van der Waals surface area contributed by atoms with Crippen LogP contribution in [0.1, 0.15) is 42.5 Å². The van der Waals surface area contributed by atoms with E-state index in [4.69, 9.17) is 17.3 Å². The summed E-state index contributed by atoms with van der Waals surface area (Å²) in [5.41, 5.74) is 5.36. The van der Waals surface area contributed by atoms with Crippen LogP contribution in [0.4, 0.5) is 5.69 Å². The van der Waals surface area contributed by atoms with Gasteiger partial charge in [-0.3, -0.25) is 9.59 Å². The highest BCUT2D eigenvalue weighted by Crippen LogP contribution is 2.37. The van der Waals surface area contributed by atoms with Crippen molar-refractivity contribution in [2.45, 2.75) is 32.1 Å². The Labute approximate surface area is 128 Å². The Morgan fingerprint density at radius 2 is 1.95 bits per heavy atom. The van der Waals surface area contributed by atoms with Gasteiger partial charge in [0.25, 0.3) is 5.91 Å². The van der Waals surface area contributed by atoms with Crippen LogP contribution in [0.25, 0.3) is 0 Å². The van der Waals surface area contributed by atoms with Crippen molar-refractivity contribution in [1.29, 1.82) is 0 Å². The summed E-state index contributed by atoms with van der Waals surface area (Å²) < 4.78 is 0. The smallest absolute Gasteiger partial charge is 0.311 e. The molecule has 4 N–H and O–H groups in total. The molecule has 0 heterocycles. The molecule has 1 aromatic carbocycles. The predicted octanol–water partition coefficient (Wildman–Crippen LogP) is 2.89. The van der Waals surface area contributed by atoms with Crippen LogP contribution in [0.15, 0.2) is 18.2 Å². The van der Waals surface area contributed by atoms with Crippen LogP contribution in [0, 0.1) is 5.41 Å². The first kappa shape index (κ1) is 15.6. The topological polar surface area (TPSA) is 92.4 Å². The van der Waals surface area contributed by atoms with E-state index in [2.05, 4.69) is 5.32 Å². The van der Waals surface area contributed by atoms with Crippen molar-refractivity contribution >= 4 is 29.2 Å². The van der Waals surface area contributed by atoms with Gasteiger partial charge in [-0.2, -0.15) is 0 Å². The number of nitrogens with one attached hydrogen (secondary N) is 1. The van der Waals surface area contributed by atoms with Crippen LogP contribution >= 0.6 is 11.6 Å². The number of carboxylic acids is 1. The summed E-state index contributed by atoms with van der Waals surface area (Å²) in [7, 11) is 0. The molecule has 1 amide bonds. The molecule has 0 aromatic heterocycles. The molecule has 0 radical (unpaired) electrons. The van der Waals surface area contributed by atoms with Crippen molar-refractivity contribution in [2.24, 2.45) is 11.1 Å². The van der Waals surface area contributed by atoms with Gasteiger partial charge >= 0.3 is 5.97 Å². The maximum atomic E-state index is 11.6. The third-order valence-corrected chi connectivity index (χ3v) is 4.36. The molecule has 0 bridgehead atoms. The number of primary amides is 1. The quantitative estimate of drug-likeness (QED) is 0.779. The summed E-state index contributed by atoms with van der Waals surface area (Å²) in [4.78, 5) is 23.1. The van der Waals surface area contributed by atoms with E-state index in [1.807, 2.05) is 0 Å². The Bertz CT molecular complexity index is 554. The standard InChI is InChI=1S/C15H19ClN2O3/c16-10-4-5-12(11(8-10)13(17)19)18-9-15(14(20)21)6-2-1-3-7-15/h4-5,8,18H,1-3,6-7,9H2,(H2,17,19)(H,20,21). The van der Waals surface area contributed by atoms with Gasteiger partial charge in [-0.25, -0.2) is 0 Å². The zero-order valence-electron chi connectivity index (χ0n) is 11.7. The fraction of sp³-hybridized carbons (Fsp3) is 0.467. The molecule has 1 aromatic rings. The first-order valence-corrected chi connectivity index (χ1v) is 7.39. The van der Waals surface area contributed by atoms with Gasteiger partial charge in [0, 0.05) is 17.3 Å². The van der Waals surface area contributed by atoms with Crippen LogP contribution in [0.3, 0.4) is 0 Å². The lowest BCUT2D eigenvalue weighted by atomic mass is 9.74. The van der Waals surface area contributed by atoms with E-state index in [1.165, 1.54) is 6.07 Å². The summed E-state index contributed by atoms with van der Waals surface area (Å²) in [6.07, 6.45) is 4.20. The number of rotatable bonds is 5. The number of carbonyl (C=O) groups is 2. The number of carboxylic acid groups (broad SMARTS) is 1. The number of aliphatic carboxylic acids is 1. The number of nitrogens with two attached hydrogens (primary N) is 1. The average Bonchev–Trinajstić information content (AvgIpc) is 2.46. The highest BCUT2D eigenvalue weighted by molar-refractivity contribution is 6.31. The monoisotopic (exact) mass is 310 g/mol. The lowest BCUT2D eigenvalue weighted by Gasteiger charge is -2.33. The second-order valence-corrected chi connectivity index (χ2v) is 5.99. The number of amides is 1. The SMILES string of the molecule is NC(=O)c1cc(Cl)ccc1NCC1(C(=O)O)CCCCC1. The fourth-order valence-electron chi connectivity index (χ4n) is 2.83. The van der Waals surface area contributed by atoms with Gasteiger partial charge in [0.2, 0.25) is 0 Å². The van der Waals surface area contributed by atoms with Crippen LogP contribution in [0.5, 0.6) is 0 Å². The lowest BCUT2D eigenvalue weighted by Crippen LogP contribution is -2.40. The third-order valence-electron chi connectivity index (χ3n) is 4.13. The van der Waals surface area contributed by atoms with Crippen molar-refractivity contribution in [3.63, 3.8) is 0 Å². The zero-order chi connectivity index (χ0) is 15.5. The zero-order valence-corrected chi connectivity index (χ0v) is 12.4. The Morgan fingerprint density at radius 1 is 1.29 bits per heavy atom. The van der Waals surface area contributed by atoms with E-state index < -0.39 is 17.3 Å². The third kappa shape index (κ3) is 3.47. The molecule has 0 unspecified atom stereocenters. The second kappa shape index (κ2) is 6.35. The van der Waals surface area contributed by atoms with Gasteiger partial charge in [0.15, 0.2) is 0 Å². The van der Waals surface area contributed by atoms with Gasteiger partial charge in [0.1, 0.15) is 0 Å². The molecule has 2 rings (SSSR count). The fourth-order valence-corrected chi connectivity index (χ4v) is 3.01. The summed E-state index contributed by atoms with van der Waals surface area (Å²) in [5, 5.41) is 13.0. The maximum Gasteiger partial charge on any atom is 0.311 e. The molecule has 1 saturated carbocycles. The molecule has 0 aliphatic heterocycles. The van der Waals surface area contributed by atoms with Crippen molar-refractivity contribution < 1.29 is 14.7 Å². The summed E-state index contributed by atoms with van der Waals surface area (Å²) in [6, 6.07) is 4.78. The minimum absolute atomic E-state index is 0.277. The molecular formula is C15H19ClN2O3. The molecule has 21 heavy (non-hydrogen) atoms. The van der Waals surface area contributed by atoms with Crippen molar-refractivity contribution in [3.8, 4) is 0 Å². The van der Waals surface area contributed by atoms with E-state index in [9.17, 15) is 14.7 Å². The number of hydrogen-bond acceptors (Lipinski definition) is 3. The van der Waals surface area contributed by atoms with Crippen LogP contribution < -0.4 is 11.1 Å². The molecular weight excluding hydrogens is 292 g/mol. The Balaban J connectivity index is 2.18. The lowest BCUT2D eigenvalue weighted by molar-refractivity contribution is -0.150. The number of anilines is 1. The summed E-state index contributed by atoms with van der Waals surface area (Å²) in [5.74, 6) is -1.38. The van der Waals surface area contributed by atoms with Crippen LogP contribution in [-0.4, -0.2) is 23.5 Å². The molecule has 5 nitrogen and oxygen atoms in total. The van der Waals surface area contributed by atoms with E-state index >= 15 is 0 Å². The van der Waals surface area contributed by atoms with Gasteiger partial charge in [-0.1, -0.05) is 30.9 Å². The molecule has 6 heteroatoms. The van der Waals surface area contributed by atoms with Crippen LogP contribution in [0.2, 0.25) is 5.02 Å². The Morgan fingerprint density at radius 3 is 2.52 bits per heavy atom. The van der Waals surface area contributed by atoms with Gasteiger partial charge < -0.3 is 16.2 Å². The van der Waals surface area contributed by atoms with E-state index in [-0.39, 0.29) is 12.1 Å². The molecule has 0 spiro atoms. The molecule has 1 aliphatic carbocycles. The van der Waals surface area contributed by atoms with Gasteiger partial charge in [0.05, 0.1) is 11.0 Å². The van der Waals surface area contributed by atoms with Crippen molar-refractivity contribution in [3.05, 3.63) is 28.8 Å². The Hall–Kier alpha value is -1.75. The predicted molar refractivity (Wildman–Crippen MR) is 81.6 cm³/mol. The maximum absolute atomic E-state index is 11.6. The number of halogens is 1. The Kier molecular flexibility index (Phi) is 4.73. The number of carbonyl (C=O) groups excluding carboxylic acids is 1. The normalized spacial score (nSPS) is 17.2. The van der Waals surface area contributed by atoms with E-state index in [0.717, 1.165) is 19.3 Å². The molecule has 1 aliphatic rings.